The molecule has 0 aliphatic rings. The molecular weight excluding hydrogens is 273 g/mol. The van der Waals surface area contributed by atoms with Crippen LogP contribution in [0.5, 0.6) is 0 Å². The van der Waals surface area contributed by atoms with Crippen LogP contribution in [0.15, 0.2) is 30.5 Å². The first kappa shape index (κ1) is 15.1. The lowest BCUT2D eigenvalue weighted by Gasteiger charge is -2.06. The van der Waals surface area contributed by atoms with Gasteiger partial charge in [-0.3, -0.25) is 9.48 Å². The highest BCUT2D eigenvalue weighted by Crippen LogP contribution is 2.13. The standard InChI is InChI=1S/C14H18FN5O/c1-2-11(16)13-9-20(19-18-13)8-7-14(21)17-12-6-4-3-5-10(12)15/h3-6,9,11H,2,7-8,16H2,1H3,(H,17,21). The van der Waals surface area contributed by atoms with E-state index >= 15 is 0 Å². The predicted octanol–water partition coefficient (Wildman–Crippen LogP) is 1.86. The van der Waals surface area contributed by atoms with Gasteiger partial charge in [-0.1, -0.05) is 24.3 Å². The normalized spacial score (nSPS) is 12.1. The highest BCUT2D eigenvalue weighted by Gasteiger charge is 2.10. The van der Waals surface area contributed by atoms with Crippen molar-refractivity contribution < 1.29 is 9.18 Å². The summed E-state index contributed by atoms with van der Waals surface area (Å²) >= 11 is 0. The van der Waals surface area contributed by atoms with Crippen LogP contribution in [-0.2, 0) is 11.3 Å². The molecule has 1 aromatic carbocycles. The number of para-hydroxylation sites is 1. The third kappa shape index (κ3) is 4.09. The molecule has 0 bridgehead atoms. The molecule has 7 heteroatoms. The Balaban J connectivity index is 1.87. The van der Waals surface area contributed by atoms with Crippen LogP contribution >= 0.6 is 0 Å². The van der Waals surface area contributed by atoms with Crippen molar-refractivity contribution in [2.24, 2.45) is 5.73 Å². The molecule has 6 nitrogen and oxygen atoms in total. The SMILES string of the molecule is CCC(N)c1cn(CCC(=O)Nc2ccccc2F)nn1. The number of hydrogen-bond acceptors (Lipinski definition) is 4. The lowest BCUT2D eigenvalue weighted by molar-refractivity contribution is -0.116. The molecule has 0 radical (unpaired) electrons. The van der Waals surface area contributed by atoms with Gasteiger partial charge in [0, 0.05) is 6.42 Å². The lowest BCUT2D eigenvalue weighted by Crippen LogP contribution is -2.15. The first-order valence-electron chi connectivity index (χ1n) is 6.80. The smallest absolute Gasteiger partial charge is 0.226 e. The molecule has 1 atom stereocenters. The summed E-state index contributed by atoms with van der Waals surface area (Å²) in [6.45, 7) is 2.33. The van der Waals surface area contributed by atoms with Crippen molar-refractivity contribution in [3.8, 4) is 0 Å². The molecule has 0 fully saturated rings. The molecule has 112 valence electrons. The Bertz CT molecular complexity index is 613. The Hall–Kier alpha value is -2.28. The van der Waals surface area contributed by atoms with E-state index in [-0.39, 0.29) is 24.1 Å². The lowest BCUT2D eigenvalue weighted by atomic mass is 10.2. The maximum atomic E-state index is 13.4. The van der Waals surface area contributed by atoms with E-state index < -0.39 is 5.82 Å². The summed E-state index contributed by atoms with van der Waals surface area (Å²) in [7, 11) is 0. The molecule has 0 saturated heterocycles. The molecule has 21 heavy (non-hydrogen) atoms. The van der Waals surface area contributed by atoms with E-state index in [1.165, 1.54) is 12.1 Å². The largest absolute Gasteiger partial charge is 0.324 e. The fraction of sp³-hybridized carbons (Fsp3) is 0.357. The van der Waals surface area contributed by atoms with E-state index in [1.807, 2.05) is 6.92 Å². The number of amides is 1. The number of rotatable bonds is 6. The van der Waals surface area contributed by atoms with Crippen molar-refractivity contribution >= 4 is 11.6 Å². The molecule has 2 rings (SSSR count). The summed E-state index contributed by atoms with van der Waals surface area (Å²) in [5.41, 5.74) is 6.72. The third-order valence-corrected chi connectivity index (χ3v) is 3.09. The van der Waals surface area contributed by atoms with Crippen molar-refractivity contribution in [1.29, 1.82) is 0 Å². The van der Waals surface area contributed by atoms with Gasteiger partial charge in [-0.05, 0) is 18.6 Å². The van der Waals surface area contributed by atoms with E-state index in [4.69, 9.17) is 5.73 Å². The molecule has 0 aliphatic carbocycles. The summed E-state index contributed by atoms with van der Waals surface area (Å²) in [6.07, 6.45) is 2.68. The van der Waals surface area contributed by atoms with Crippen LogP contribution in [-0.4, -0.2) is 20.9 Å². The Kier molecular flexibility index (Phi) is 4.99. The maximum Gasteiger partial charge on any atom is 0.226 e. The zero-order chi connectivity index (χ0) is 15.2. The predicted molar refractivity (Wildman–Crippen MR) is 76.9 cm³/mol. The van der Waals surface area contributed by atoms with Crippen LogP contribution in [0.1, 0.15) is 31.5 Å². The Labute approximate surface area is 122 Å². The van der Waals surface area contributed by atoms with Crippen LogP contribution in [0.2, 0.25) is 0 Å². The molecule has 0 saturated carbocycles. The van der Waals surface area contributed by atoms with E-state index in [9.17, 15) is 9.18 Å². The number of carbonyl (C=O) groups is 1. The third-order valence-electron chi connectivity index (χ3n) is 3.09. The van der Waals surface area contributed by atoms with Crippen molar-refractivity contribution in [1.82, 2.24) is 15.0 Å². The van der Waals surface area contributed by atoms with Gasteiger partial charge in [0.2, 0.25) is 5.91 Å². The quantitative estimate of drug-likeness (QED) is 0.850. The van der Waals surface area contributed by atoms with Crippen molar-refractivity contribution in [3.05, 3.63) is 42.0 Å². The van der Waals surface area contributed by atoms with Crippen LogP contribution in [0, 0.1) is 5.82 Å². The molecule has 3 N–H and O–H groups in total. The second-order valence-corrected chi connectivity index (χ2v) is 4.70. The first-order chi connectivity index (χ1) is 10.1. The molecule has 0 aliphatic heterocycles. The second-order valence-electron chi connectivity index (χ2n) is 4.70. The minimum absolute atomic E-state index is 0.147. The number of aromatic nitrogens is 3. The van der Waals surface area contributed by atoms with E-state index in [0.29, 0.717) is 12.2 Å². The maximum absolute atomic E-state index is 13.4. The summed E-state index contributed by atoms with van der Waals surface area (Å²) in [5, 5.41) is 10.4. The molecule has 1 aromatic heterocycles. The van der Waals surface area contributed by atoms with E-state index in [2.05, 4.69) is 15.6 Å². The summed E-state index contributed by atoms with van der Waals surface area (Å²) in [4.78, 5) is 11.8. The Morgan fingerprint density at radius 2 is 2.24 bits per heavy atom. The molecule has 1 amide bonds. The number of benzene rings is 1. The summed E-state index contributed by atoms with van der Waals surface area (Å²) in [5.74, 6) is -0.736. The number of halogens is 1. The average Bonchev–Trinajstić information content (AvgIpc) is 2.96. The summed E-state index contributed by atoms with van der Waals surface area (Å²) in [6, 6.07) is 5.89. The molecule has 2 aromatic rings. The van der Waals surface area contributed by atoms with Gasteiger partial charge in [-0.2, -0.15) is 0 Å². The number of anilines is 1. The summed E-state index contributed by atoms with van der Waals surface area (Å²) < 4.78 is 14.9. The zero-order valence-corrected chi connectivity index (χ0v) is 11.8. The number of aryl methyl sites for hydroxylation is 1. The van der Waals surface area contributed by atoms with Crippen LogP contribution < -0.4 is 11.1 Å². The monoisotopic (exact) mass is 291 g/mol. The van der Waals surface area contributed by atoms with Gasteiger partial charge in [0.05, 0.1) is 30.2 Å². The van der Waals surface area contributed by atoms with Gasteiger partial charge in [0.25, 0.3) is 0 Å². The molecule has 1 unspecified atom stereocenters. The van der Waals surface area contributed by atoms with Gasteiger partial charge in [-0.25, -0.2) is 4.39 Å². The number of nitrogens with one attached hydrogen (secondary N) is 1. The van der Waals surface area contributed by atoms with Gasteiger partial charge in [0.1, 0.15) is 5.82 Å². The zero-order valence-electron chi connectivity index (χ0n) is 11.8. The van der Waals surface area contributed by atoms with Crippen LogP contribution in [0.25, 0.3) is 0 Å². The van der Waals surface area contributed by atoms with Gasteiger partial charge < -0.3 is 11.1 Å². The van der Waals surface area contributed by atoms with Crippen LogP contribution in [0.3, 0.4) is 0 Å². The fourth-order valence-electron chi connectivity index (χ4n) is 1.79. The van der Waals surface area contributed by atoms with Gasteiger partial charge in [0.15, 0.2) is 0 Å². The number of hydrogen-bond donors (Lipinski definition) is 2. The average molecular weight is 291 g/mol. The van der Waals surface area contributed by atoms with Crippen molar-refractivity contribution in [3.63, 3.8) is 0 Å². The highest BCUT2D eigenvalue weighted by molar-refractivity contribution is 5.90. The Morgan fingerprint density at radius 3 is 2.95 bits per heavy atom. The number of nitrogens with zero attached hydrogens (tertiary/aromatic N) is 3. The molecular formula is C14H18FN5O. The topological polar surface area (TPSA) is 85.8 Å². The molecule has 1 heterocycles. The number of nitrogens with two attached hydrogens (primary N) is 1. The second kappa shape index (κ2) is 6.94. The van der Waals surface area contributed by atoms with Gasteiger partial charge >= 0.3 is 0 Å². The molecule has 0 spiro atoms. The van der Waals surface area contributed by atoms with Gasteiger partial charge in [-0.15, -0.1) is 5.10 Å². The number of carbonyl (C=O) groups excluding carboxylic acids is 1. The van der Waals surface area contributed by atoms with E-state index in [0.717, 1.165) is 6.42 Å². The highest BCUT2D eigenvalue weighted by atomic mass is 19.1. The fourth-order valence-corrected chi connectivity index (χ4v) is 1.79. The first-order valence-corrected chi connectivity index (χ1v) is 6.80. The van der Waals surface area contributed by atoms with E-state index in [1.54, 1.807) is 23.0 Å². The Morgan fingerprint density at radius 1 is 1.48 bits per heavy atom. The minimum Gasteiger partial charge on any atom is -0.324 e. The van der Waals surface area contributed by atoms with Crippen molar-refractivity contribution in [2.45, 2.75) is 32.4 Å². The van der Waals surface area contributed by atoms with Crippen LogP contribution in [0.4, 0.5) is 10.1 Å². The van der Waals surface area contributed by atoms with Crippen molar-refractivity contribution in [2.75, 3.05) is 5.32 Å². The minimum atomic E-state index is -0.456.